The molecule has 1 aromatic heterocycles. The minimum atomic E-state index is -0.198. The van der Waals surface area contributed by atoms with Gasteiger partial charge in [-0.15, -0.1) is 0 Å². The number of benzene rings is 3. The van der Waals surface area contributed by atoms with Gasteiger partial charge in [-0.2, -0.15) is 0 Å². The highest BCUT2D eigenvalue weighted by Crippen LogP contribution is 2.26. The maximum absolute atomic E-state index is 6.15. The van der Waals surface area contributed by atoms with Crippen LogP contribution in [0.4, 0.5) is 0 Å². The van der Waals surface area contributed by atoms with Crippen LogP contribution < -0.4 is 14.2 Å². The first-order valence-electron chi connectivity index (χ1n) is 10.8. The highest BCUT2D eigenvalue weighted by molar-refractivity contribution is 6.30. The van der Waals surface area contributed by atoms with Gasteiger partial charge in [-0.3, -0.25) is 0 Å². The number of para-hydroxylation sites is 2. The molecule has 0 aliphatic carbocycles. The standard InChI is InChI=1S/C26H27ClN2O3/c1-19(32-21-14-12-20(27)13-15-21)26-28-24-10-3-4-11-25(24)29(26)16-5-6-17-31-23-9-7-8-22(18-23)30-2/h3-4,7-15,18-19H,5-6,16-17H2,1-2H3. The molecule has 32 heavy (non-hydrogen) atoms. The van der Waals surface area contributed by atoms with Gasteiger partial charge in [-0.1, -0.05) is 29.8 Å². The molecule has 0 fully saturated rings. The van der Waals surface area contributed by atoms with Crippen molar-refractivity contribution in [2.75, 3.05) is 13.7 Å². The summed E-state index contributed by atoms with van der Waals surface area (Å²) < 4.78 is 19.5. The summed E-state index contributed by atoms with van der Waals surface area (Å²) in [6, 6.07) is 23.3. The number of unbranched alkanes of at least 4 members (excludes halogenated alkanes) is 1. The Morgan fingerprint density at radius 1 is 0.906 bits per heavy atom. The number of hydrogen-bond donors (Lipinski definition) is 0. The minimum Gasteiger partial charge on any atom is -0.497 e. The van der Waals surface area contributed by atoms with E-state index in [-0.39, 0.29) is 6.10 Å². The fourth-order valence-corrected chi connectivity index (χ4v) is 3.79. The van der Waals surface area contributed by atoms with E-state index in [0.29, 0.717) is 11.6 Å². The van der Waals surface area contributed by atoms with Crippen molar-refractivity contribution in [2.24, 2.45) is 0 Å². The maximum atomic E-state index is 6.15. The Balaban J connectivity index is 1.41. The van der Waals surface area contributed by atoms with Gasteiger partial charge in [-0.05, 0) is 68.3 Å². The molecule has 3 aromatic carbocycles. The zero-order valence-electron chi connectivity index (χ0n) is 18.3. The van der Waals surface area contributed by atoms with Crippen molar-refractivity contribution in [3.8, 4) is 17.2 Å². The van der Waals surface area contributed by atoms with Gasteiger partial charge < -0.3 is 18.8 Å². The van der Waals surface area contributed by atoms with Crippen LogP contribution in [0.15, 0.2) is 72.8 Å². The maximum Gasteiger partial charge on any atom is 0.153 e. The van der Waals surface area contributed by atoms with Gasteiger partial charge in [0.15, 0.2) is 11.9 Å². The van der Waals surface area contributed by atoms with E-state index in [1.165, 1.54) is 0 Å². The van der Waals surface area contributed by atoms with Crippen molar-refractivity contribution in [2.45, 2.75) is 32.4 Å². The van der Waals surface area contributed by atoms with Gasteiger partial charge in [0.05, 0.1) is 24.8 Å². The molecule has 0 radical (unpaired) electrons. The number of nitrogens with zero attached hydrogens (tertiary/aromatic N) is 2. The first-order chi connectivity index (χ1) is 15.6. The quantitative estimate of drug-likeness (QED) is 0.252. The van der Waals surface area contributed by atoms with Crippen LogP contribution in [0.2, 0.25) is 5.02 Å². The number of imidazole rings is 1. The van der Waals surface area contributed by atoms with Gasteiger partial charge in [0.1, 0.15) is 17.2 Å². The molecule has 1 unspecified atom stereocenters. The van der Waals surface area contributed by atoms with Crippen molar-refractivity contribution in [3.05, 3.63) is 83.6 Å². The molecule has 0 N–H and O–H groups in total. The normalized spacial score (nSPS) is 12.0. The van der Waals surface area contributed by atoms with Crippen LogP contribution in [-0.2, 0) is 6.54 Å². The van der Waals surface area contributed by atoms with Crippen molar-refractivity contribution in [1.82, 2.24) is 9.55 Å². The molecule has 0 saturated heterocycles. The Morgan fingerprint density at radius 3 is 2.50 bits per heavy atom. The summed E-state index contributed by atoms with van der Waals surface area (Å²) in [5.74, 6) is 3.30. The summed E-state index contributed by atoms with van der Waals surface area (Å²) in [4.78, 5) is 4.86. The van der Waals surface area contributed by atoms with Crippen LogP contribution in [0.25, 0.3) is 11.0 Å². The number of rotatable bonds is 10. The number of aryl methyl sites for hydroxylation is 1. The summed E-state index contributed by atoms with van der Waals surface area (Å²) >= 11 is 5.99. The molecule has 0 amide bonds. The third-order valence-electron chi connectivity index (χ3n) is 5.26. The van der Waals surface area contributed by atoms with E-state index in [2.05, 4.69) is 10.6 Å². The molecule has 166 valence electrons. The van der Waals surface area contributed by atoms with E-state index >= 15 is 0 Å². The lowest BCUT2D eigenvalue weighted by Gasteiger charge is -2.17. The van der Waals surface area contributed by atoms with E-state index in [1.54, 1.807) is 7.11 Å². The second-order valence-electron chi connectivity index (χ2n) is 7.56. The van der Waals surface area contributed by atoms with Gasteiger partial charge in [0.2, 0.25) is 0 Å². The fraction of sp³-hybridized carbons (Fsp3) is 0.269. The Morgan fingerprint density at radius 2 is 1.69 bits per heavy atom. The highest BCUT2D eigenvalue weighted by atomic mass is 35.5. The molecule has 6 heteroatoms. The van der Waals surface area contributed by atoms with Crippen LogP contribution in [0.5, 0.6) is 17.2 Å². The van der Waals surface area contributed by atoms with E-state index < -0.39 is 0 Å². The first kappa shape index (κ1) is 22.0. The van der Waals surface area contributed by atoms with Crippen molar-refractivity contribution >= 4 is 22.6 Å². The number of aromatic nitrogens is 2. The molecule has 1 heterocycles. The second kappa shape index (κ2) is 10.4. The largest absolute Gasteiger partial charge is 0.497 e. The lowest BCUT2D eigenvalue weighted by Crippen LogP contribution is -2.12. The van der Waals surface area contributed by atoms with Crippen molar-refractivity contribution < 1.29 is 14.2 Å². The molecule has 0 bridgehead atoms. The van der Waals surface area contributed by atoms with Crippen LogP contribution in [-0.4, -0.2) is 23.3 Å². The topological polar surface area (TPSA) is 45.5 Å². The molecule has 1 atom stereocenters. The minimum absolute atomic E-state index is 0.198. The lowest BCUT2D eigenvalue weighted by atomic mass is 10.2. The Hall–Kier alpha value is -3.18. The molecule has 4 aromatic rings. The average Bonchev–Trinajstić information content (AvgIpc) is 3.19. The Kier molecular flexibility index (Phi) is 7.17. The monoisotopic (exact) mass is 450 g/mol. The molecule has 0 aliphatic heterocycles. The predicted octanol–water partition coefficient (Wildman–Crippen LogP) is 6.70. The van der Waals surface area contributed by atoms with Gasteiger partial charge in [0.25, 0.3) is 0 Å². The number of ether oxygens (including phenoxy) is 3. The van der Waals surface area contributed by atoms with E-state index in [9.17, 15) is 0 Å². The van der Waals surface area contributed by atoms with Crippen molar-refractivity contribution in [3.63, 3.8) is 0 Å². The average molecular weight is 451 g/mol. The molecule has 0 spiro atoms. The van der Waals surface area contributed by atoms with E-state index in [0.717, 1.165) is 53.5 Å². The summed E-state index contributed by atoms with van der Waals surface area (Å²) in [5.41, 5.74) is 2.09. The predicted molar refractivity (Wildman–Crippen MR) is 128 cm³/mol. The van der Waals surface area contributed by atoms with Crippen molar-refractivity contribution in [1.29, 1.82) is 0 Å². The Labute approximate surface area is 193 Å². The zero-order valence-corrected chi connectivity index (χ0v) is 19.1. The lowest BCUT2D eigenvalue weighted by molar-refractivity contribution is 0.211. The number of halogens is 1. The smallest absolute Gasteiger partial charge is 0.153 e. The number of methoxy groups -OCH3 is 1. The summed E-state index contributed by atoms with van der Waals surface area (Å²) in [6.07, 6.45) is 1.69. The SMILES string of the molecule is COc1cccc(OCCCCn2c(C(C)Oc3ccc(Cl)cc3)nc3ccccc32)c1. The van der Waals surface area contributed by atoms with E-state index in [4.69, 9.17) is 30.8 Å². The Bertz CT molecular complexity index is 1160. The molecular weight excluding hydrogens is 424 g/mol. The summed E-state index contributed by atoms with van der Waals surface area (Å²) in [6.45, 7) is 3.51. The summed E-state index contributed by atoms with van der Waals surface area (Å²) in [5, 5.41) is 0.688. The molecular formula is C26H27ClN2O3. The van der Waals surface area contributed by atoms with Crippen LogP contribution in [0.3, 0.4) is 0 Å². The fourth-order valence-electron chi connectivity index (χ4n) is 3.66. The molecule has 0 aliphatic rings. The van der Waals surface area contributed by atoms with Crippen LogP contribution in [0.1, 0.15) is 31.7 Å². The first-order valence-corrected chi connectivity index (χ1v) is 11.2. The molecule has 5 nitrogen and oxygen atoms in total. The molecule has 4 rings (SSSR count). The third-order valence-corrected chi connectivity index (χ3v) is 5.51. The van der Waals surface area contributed by atoms with Gasteiger partial charge in [-0.25, -0.2) is 4.98 Å². The second-order valence-corrected chi connectivity index (χ2v) is 8.00. The number of hydrogen-bond acceptors (Lipinski definition) is 4. The third kappa shape index (κ3) is 5.35. The summed E-state index contributed by atoms with van der Waals surface area (Å²) in [7, 11) is 1.66. The highest BCUT2D eigenvalue weighted by Gasteiger charge is 2.18. The van der Waals surface area contributed by atoms with E-state index in [1.807, 2.05) is 73.7 Å². The zero-order chi connectivity index (χ0) is 22.3. The number of fused-ring (bicyclic) bond motifs is 1. The molecule has 0 saturated carbocycles. The van der Waals surface area contributed by atoms with Gasteiger partial charge >= 0.3 is 0 Å². The van der Waals surface area contributed by atoms with Crippen LogP contribution >= 0.6 is 11.6 Å². The van der Waals surface area contributed by atoms with Gasteiger partial charge in [0, 0.05) is 17.6 Å². The van der Waals surface area contributed by atoms with Crippen LogP contribution in [0, 0.1) is 0 Å².